The Morgan fingerprint density at radius 1 is 1.05 bits per heavy atom. The molecule has 0 aliphatic heterocycles. The van der Waals surface area contributed by atoms with E-state index >= 15 is 0 Å². The van der Waals surface area contributed by atoms with Gasteiger partial charge in [0.1, 0.15) is 5.75 Å². The van der Waals surface area contributed by atoms with Crippen molar-refractivity contribution in [3.8, 4) is 27.3 Å². The molecule has 0 saturated heterocycles. The lowest BCUT2D eigenvalue weighted by Gasteiger charge is -2.07. The minimum atomic E-state index is 0.872. The molecule has 1 aromatic heterocycles. The second kappa shape index (κ2) is 5.43. The lowest BCUT2D eigenvalue weighted by atomic mass is 10.00. The van der Waals surface area contributed by atoms with Crippen molar-refractivity contribution in [1.82, 2.24) is 4.37 Å². The van der Waals surface area contributed by atoms with Crippen LogP contribution in [0, 0.1) is 0 Å². The third-order valence-corrected chi connectivity index (χ3v) is 4.86. The van der Waals surface area contributed by atoms with Crippen molar-refractivity contribution >= 4 is 17.6 Å². The maximum absolute atomic E-state index is 5.23. The molecule has 0 radical (unpaired) electrons. The van der Waals surface area contributed by atoms with E-state index in [0.29, 0.717) is 0 Å². The number of hydrogen-bond donors (Lipinski definition) is 0. The van der Waals surface area contributed by atoms with E-state index in [1.54, 1.807) is 18.6 Å². The van der Waals surface area contributed by atoms with Crippen LogP contribution in [0.2, 0.25) is 0 Å². The van der Waals surface area contributed by atoms with Crippen molar-refractivity contribution in [1.29, 1.82) is 0 Å². The number of allylic oxidation sites excluding steroid dienone is 1. The Morgan fingerprint density at radius 2 is 1.86 bits per heavy atom. The van der Waals surface area contributed by atoms with Crippen LogP contribution < -0.4 is 4.74 Å². The monoisotopic (exact) mass is 305 g/mol. The molecule has 1 aliphatic rings. The van der Waals surface area contributed by atoms with E-state index in [-0.39, 0.29) is 0 Å². The SMILES string of the molecule is COc1ccc(-c2cnsc2-c2ccc3c(c2)CC=C3)cc1. The van der Waals surface area contributed by atoms with Crippen molar-refractivity contribution in [2.45, 2.75) is 6.42 Å². The van der Waals surface area contributed by atoms with E-state index in [2.05, 4.69) is 46.9 Å². The maximum Gasteiger partial charge on any atom is 0.118 e. The molecule has 0 amide bonds. The van der Waals surface area contributed by atoms with Gasteiger partial charge in [-0.15, -0.1) is 0 Å². The second-order valence-electron chi connectivity index (χ2n) is 5.32. The predicted octanol–water partition coefficient (Wildman–Crippen LogP) is 5.06. The largest absolute Gasteiger partial charge is 0.497 e. The molecule has 3 aromatic rings. The fourth-order valence-corrected chi connectivity index (χ4v) is 3.59. The molecule has 0 saturated carbocycles. The third-order valence-electron chi connectivity index (χ3n) is 4.01. The first kappa shape index (κ1) is 13.3. The van der Waals surface area contributed by atoms with Gasteiger partial charge < -0.3 is 4.74 Å². The molecular formula is C19H15NOS. The third kappa shape index (κ3) is 2.24. The van der Waals surface area contributed by atoms with Crippen molar-refractivity contribution in [2.24, 2.45) is 0 Å². The highest BCUT2D eigenvalue weighted by Crippen LogP contribution is 2.37. The summed E-state index contributed by atoms with van der Waals surface area (Å²) in [5.41, 5.74) is 6.32. The first-order chi connectivity index (χ1) is 10.8. The zero-order valence-electron chi connectivity index (χ0n) is 12.2. The molecule has 22 heavy (non-hydrogen) atoms. The van der Waals surface area contributed by atoms with Crippen LogP contribution in [0.4, 0.5) is 0 Å². The zero-order chi connectivity index (χ0) is 14.9. The van der Waals surface area contributed by atoms with Crippen LogP contribution in [0.3, 0.4) is 0 Å². The number of methoxy groups -OCH3 is 1. The highest BCUT2D eigenvalue weighted by molar-refractivity contribution is 7.10. The van der Waals surface area contributed by atoms with Crippen LogP contribution >= 0.6 is 11.5 Å². The topological polar surface area (TPSA) is 22.1 Å². The van der Waals surface area contributed by atoms with Crippen molar-refractivity contribution in [3.05, 3.63) is 65.9 Å². The van der Waals surface area contributed by atoms with E-state index in [0.717, 1.165) is 12.2 Å². The van der Waals surface area contributed by atoms with Gasteiger partial charge in [-0.05, 0) is 58.4 Å². The van der Waals surface area contributed by atoms with Gasteiger partial charge in [0.2, 0.25) is 0 Å². The molecule has 1 aliphatic carbocycles. The average molecular weight is 305 g/mol. The molecule has 0 unspecified atom stereocenters. The smallest absolute Gasteiger partial charge is 0.118 e. The Bertz CT molecular complexity index is 846. The summed E-state index contributed by atoms with van der Waals surface area (Å²) in [6, 6.07) is 14.8. The molecular weight excluding hydrogens is 290 g/mol. The first-order valence-corrected chi connectivity index (χ1v) is 8.01. The lowest BCUT2D eigenvalue weighted by molar-refractivity contribution is 0.415. The Hall–Kier alpha value is -2.39. The van der Waals surface area contributed by atoms with Crippen molar-refractivity contribution in [2.75, 3.05) is 7.11 Å². The molecule has 0 bridgehead atoms. The number of benzene rings is 2. The summed E-state index contributed by atoms with van der Waals surface area (Å²) in [4.78, 5) is 1.22. The molecule has 0 N–H and O–H groups in total. The summed E-state index contributed by atoms with van der Waals surface area (Å²) >= 11 is 1.55. The molecule has 2 aromatic carbocycles. The van der Waals surface area contributed by atoms with Gasteiger partial charge in [-0.1, -0.05) is 36.4 Å². The van der Waals surface area contributed by atoms with Crippen LogP contribution in [-0.4, -0.2) is 11.5 Å². The number of hydrogen-bond acceptors (Lipinski definition) is 3. The minimum Gasteiger partial charge on any atom is -0.497 e. The number of aromatic nitrogens is 1. The number of nitrogens with zero attached hydrogens (tertiary/aromatic N) is 1. The van der Waals surface area contributed by atoms with E-state index in [4.69, 9.17) is 4.74 Å². The molecule has 1 heterocycles. The molecule has 2 nitrogen and oxygen atoms in total. The van der Waals surface area contributed by atoms with Gasteiger partial charge in [0.05, 0.1) is 12.0 Å². The summed E-state index contributed by atoms with van der Waals surface area (Å²) in [6.45, 7) is 0. The predicted molar refractivity (Wildman–Crippen MR) is 92.3 cm³/mol. The Labute approximate surface area is 133 Å². The number of fused-ring (bicyclic) bond motifs is 1. The van der Waals surface area contributed by atoms with E-state index in [1.165, 1.54) is 32.7 Å². The van der Waals surface area contributed by atoms with Crippen molar-refractivity contribution in [3.63, 3.8) is 0 Å². The quantitative estimate of drug-likeness (QED) is 0.675. The summed E-state index contributed by atoms with van der Waals surface area (Å²) in [5, 5.41) is 0. The molecule has 0 atom stereocenters. The fraction of sp³-hybridized carbons (Fsp3) is 0.105. The van der Waals surface area contributed by atoms with E-state index in [9.17, 15) is 0 Å². The minimum absolute atomic E-state index is 0.872. The van der Waals surface area contributed by atoms with Crippen molar-refractivity contribution < 1.29 is 4.74 Å². The van der Waals surface area contributed by atoms with Crippen LogP contribution in [0.5, 0.6) is 5.75 Å². The standard InChI is InChI=1S/C19H15NOS/c1-21-17-9-7-14(8-10-17)18-12-20-22-19(18)16-6-5-13-3-2-4-15(13)11-16/h2-3,5-12H,4H2,1H3. The summed E-state index contributed by atoms with van der Waals surface area (Å²) in [6.07, 6.45) is 7.38. The summed E-state index contributed by atoms with van der Waals surface area (Å²) < 4.78 is 9.64. The van der Waals surface area contributed by atoms with Gasteiger partial charge in [-0.25, -0.2) is 0 Å². The van der Waals surface area contributed by atoms with Crippen LogP contribution in [0.15, 0.2) is 54.7 Å². The summed E-state index contributed by atoms with van der Waals surface area (Å²) in [5.74, 6) is 0.872. The first-order valence-electron chi connectivity index (χ1n) is 7.24. The number of rotatable bonds is 3. The van der Waals surface area contributed by atoms with Gasteiger partial charge >= 0.3 is 0 Å². The average Bonchev–Trinajstić information content (AvgIpc) is 3.23. The van der Waals surface area contributed by atoms with Crippen LogP contribution in [0.1, 0.15) is 11.1 Å². The normalized spacial score (nSPS) is 12.4. The maximum atomic E-state index is 5.23. The van der Waals surface area contributed by atoms with E-state index in [1.807, 2.05) is 18.3 Å². The van der Waals surface area contributed by atoms with Gasteiger partial charge in [0.25, 0.3) is 0 Å². The zero-order valence-corrected chi connectivity index (χ0v) is 13.1. The molecule has 108 valence electrons. The Kier molecular flexibility index (Phi) is 3.28. The van der Waals surface area contributed by atoms with Crippen LogP contribution in [0.25, 0.3) is 27.6 Å². The highest BCUT2D eigenvalue weighted by Gasteiger charge is 2.13. The highest BCUT2D eigenvalue weighted by atomic mass is 32.1. The Balaban J connectivity index is 1.76. The second-order valence-corrected chi connectivity index (χ2v) is 6.12. The van der Waals surface area contributed by atoms with Gasteiger partial charge in [-0.3, -0.25) is 0 Å². The number of ether oxygens (including phenoxy) is 1. The summed E-state index contributed by atoms with van der Waals surface area (Å²) in [7, 11) is 1.69. The lowest BCUT2D eigenvalue weighted by Crippen LogP contribution is -1.85. The molecule has 4 rings (SSSR count). The van der Waals surface area contributed by atoms with Gasteiger partial charge in [-0.2, -0.15) is 4.37 Å². The van der Waals surface area contributed by atoms with E-state index < -0.39 is 0 Å². The van der Waals surface area contributed by atoms with Gasteiger partial charge in [0, 0.05) is 11.8 Å². The molecule has 0 spiro atoms. The fourth-order valence-electron chi connectivity index (χ4n) is 2.82. The van der Waals surface area contributed by atoms with Crippen LogP contribution in [-0.2, 0) is 6.42 Å². The Morgan fingerprint density at radius 3 is 2.68 bits per heavy atom. The van der Waals surface area contributed by atoms with Gasteiger partial charge in [0.15, 0.2) is 0 Å². The molecule has 0 fully saturated rings. The molecule has 3 heteroatoms.